The van der Waals surface area contributed by atoms with Gasteiger partial charge in [-0.2, -0.15) is 18.2 Å². The predicted molar refractivity (Wildman–Crippen MR) is 30.9 cm³/mol. The van der Waals surface area contributed by atoms with Gasteiger partial charge in [0, 0.05) is 7.74 Å². The summed E-state index contributed by atoms with van der Waals surface area (Å²) in [5, 5.41) is 0. The minimum absolute atomic E-state index is 0.167. The van der Waals surface area contributed by atoms with E-state index in [0.717, 1.165) is 0 Å². The molecule has 0 N–H and O–H groups in total. The van der Waals surface area contributed by atoms with Crippen LogP contribution in [0.25, 0.3) is 0 Å². The van der Waals surface area contributed by atoms with Gasteiger partial charge in [0.25, 0.3) is 0 Å². The van der Waals surface area contributed by atoms with Gasteiger partial charge in [-0.15, -0.1) is 0 Å². The highest BCUT2D eigenvalue weighted by Crippen LogP contribution is 1.93. The molecule has 0 rings (SSSR count). The van der Waals surface area contributed by atoms with Crippen molar-refractivity contribution in [1.29, 1.82) is 0 Å². The van der Waals surface area contributed by atoms with Gasteiger partial charge in [0.2, 0.25) is 0 Å². The van der Waals surface area contributed by atoms with Crippen LogP contribution in [0.5, 0.6) is 0 Å². The van der Waals surface area contributed by atoms with E-state index >= 15 is 0 Å². The molecule has 0 fully saturated rings. The van der Waals surface area contributed by atoms with E-state index in [1.54, 1.807) is 0 Å². The molecule has 0 amide bonds. The average molecular weight is 87.6 g/mol. The van der Waals surface area contributed by atoms with Gasteiger partial charge in [-0.3, -0.25) is 0 Å². The van der Waals surface area contributed by atoms with Gasteiger partial charge in [0.1, 0.15) is 6.04 Å². The lowest BCUT2D eigenvalue weighted by Gasteiger charge is -1.72. The summed E-state index contributed by atoms with van der Waals surface area (Å²) >= 11 is 0. The van der Waals surface area contributed by atoms with Crippen molar-refractivity contribution in [1.82, 2.24) is 0 Å². The van der Waals surface area contributed by atoms with Crippen molar-refractivity contribution in [2.24, 2.45) is 0 Å². The number of hydrogen-bond acceptors (Lipinski definition) is 0. The van der Waals surface area contributed by atoms with Crippen molar-refractivity contribution < 1.29 is 0 Å². The molecule has 20 valence electrons. The van der Waals surface area contributed by atoms with Crippen LogP contribution in [0, 0.1) is 0 Å². The van der Waals surface area contributed by atoms with Crippen LogP contribution >= 0.6 is 18.2 Å². The van der Waals surface area contributed by atoms with Gasteiger partial charge in [-0.1, -0.05) is 0 Å². The Morgan fingerprint density at radius 2 is 1.50 bits per heavy atom. The highest BCUT2D eigenvalue weighted by atomic mass is 31.1. The molecule has 4 heteroatoms. The maximum Gasteiger partial charge on any atom is 0.136 e. The van der Waals surface area contributed by atoms with E-state index in [0.29, 0.717) is 0 Å². The molecule has 0 spiro atoms. The quantitative estimate of drug-likeness (QED) is 0.286. The molecule has 0 aromatic rings. The molecule has 0 heterocycles. The SMILES string of the molecule is [B]B(P)P. The van der Waals surface area contributed by atoms with E-state index in [-0.39, 0.29) is 6.04 Å². The number of rotatable bonds is 0. The van der Waals surface area contributed by atoms with Gasteiger partial charge in [0.05, 0.1) is 0 Å². The summed E-state index contributed by atoms with van der Waals surface area (Å²) in [4.78, 5) is 0. The summed E-state index contributed by atoms with van der Waals surface area (Å²) in [6.45, 7) is 0. The van der Waals surface area contributed by atoms with Gasteiger partial charge in [-0.05, 0) is 0 Å². The topological polar surface area (TPSA) is 0 Å². The van der Waals surface area contributed by atoms with Crippen LogP contribution in [-0.4, -0.2) is 13.8 Å². The summed E-state index contributed by atoms with van der Waals surface area (Å²) in [5.74, 6) is 0. The zero-order chi connectivity index (χ0) is 3.58. The zero-order valence-corrected chi connectivity index (χ0v) is 4.62. The highest BCUT2D eigenvalue weighted by Gasteiger charge is 1.76. The van der Waals surface area contributed by atoms with Crippen LogP contribution in [0.1, 0.15) is 0 Å². The van der Waals surface area contributed by atoms with E-state index in [1.165, 1.54) is 0 Å². The maximum atomic E-state index is 5.04. The van der Waals surface area contributed by atoms with E-state index in [9.17, 15) is 0 Å². The fourth-order valence-corrected chi connectivity index (χ4v) is 0. The first-order valence-corrected chi connectivity index (χ1v) is 2.33. The third-order valence-corrected chi connectivity index (χ3v) is 0. The molecular formula is H4B2P2. The van der Waals surface area contributed by atoms with Crippen molar-refractivity contribution in [2.75, 3.05) is 0 Å². The van der Waals surface area contributed by atoms with Crippen LogP contribution in [0.2, 0.25) is 0 Å². The lowest BCUT2D eigenvalue weighted by atomic mass is 9.76. The van der Waals surface area contributed by atoms with Gasteiger partial charge in [-0.25, -0.2) is 0 Å². The van der Waals surface area contributed by atoms with Gasteiger partial charge < -0.3 is 0 Å². The Morgan fingerprint density at radius 1 is 1.50 bits per heavy atom. The third kappa shape index (κ3) is 12.1. The van der Waals surface area contributed by atoms with Crippen molar-refractivity contribution in [3.63, 3.8) is 0 Å². The second kappa shape index (κ2) is 2.24. The molecule has 2 radical (unpaired) electrons. The first kappa shape index (κ1) is 4.99. The number of hydrogen-bond donors (Lipinski definition) is 0. The largest absolute Gasteiger partial charge is 0.175 e. The standard InChI is InChI=1S/B2H4P2/c1-2(3)4/h3-4H2. The fourth-order valence-electron chi connectivity index (χ4n) is 0. The molecule has 0 aliphatic heterocycles. The summed E-state index contributed by atoms with van der Waals surface area (Å²) in [6, 6.07) is 0.167. The highest BCUT2D eigenvalue weighted by molar-refractivity contribution is 8.02. The predicted octanol–water partition coefficient (Wildman–Crippen LogP) is -0.110. The molecule has 0 aliphatic carbocycles. The molecular weight excluding hydrogens is 83.6 g/mol. The van der Waals surface area contributed by atoms with Crippen LogP contribution in [-0.2, 0) is 0 Å². The van der Waals surface area contributed by atoms with Crippen LogP contribution in [0.3, 0.4) is 0 Å². The van der Waals surface area contributed by atoms with Gasteiger partial charge >= 0.3 is 0 Å². The Morgan fingerprint density at radius 3 is 1.50 bits per heavy atom. The summed E-state index contributed by atoms with van der Waals surface area (Å²) in [7, 11) is 9.83. The van der Waals surface area contributed by atoms with Gasteiger partial charge in [0.15, 0.2) is 0 Å². The lowest BCUT2D eigenvalue weighted by Crippen LogP contribution is -1.82. The van der Waals surface area contributed by atoms with Crippen LogP contribution in [0.15, 0.2) is 0 Å². The van der Waals surface area contributed by atoms with E-state index in [4.69, 9.17) is 7.74 Å². The Labute approximate surface area is 32.9 Å². The molecule has 0 aromatic heterocycles. The molecule has 0 nitrogen and oxygen atoms in total. The van der Waals surface area contributed by atoms with E-state index < -0.39 is 0 Å². The van der Waals surface area contributed by atoms with Crippen molar-refractivity contribution in [3.05, 3.63) is 0 Å². The van der Waals surface area contributed by atoms with Crippen LogP contribution < -0.4 is 0 Å². The lowest BCUT2D eigenvalue weighted by molar-refractivity contribution is 4.30. The Hall–Kier alpha value is 0.990. The molecule has 0 aliphatic rings. The second-order valence-electron chi connectivity index (χ2n) is 0.577. The maximum absolute atomic E-state index is 5.04. The van der Waals surface area contributed by atoms with Crippen molar-refractivity contribution >= 4 is 32.0 Å². The molecule has 0 saturated heterocycles. The molecule has 4 heavy (non-hydrogen) atoms. The minimum atomic E-state index is 0.167. The minimum Gasteiger partial charge on any atom is -0.175 e. The monoisotopic (exact) mass is 88.0 g/mol. The average Bonchev–Trinajstić information content (AvgIpc) is 0.811. The second-order valence-corrected chi connectivity index (χ2v) is 2.89. The fraction of sp³-hybridized carbons (Fsp3) is 0. The zero-order valence-electron chi connectivity index (χ0n) is 2.31. The van der Waals surface area contributed by atoms with E-state index in [1.807, 2.05) is 0 Å². The van der Waals surface area contributed by atoms with Crippen molar-refractivity contribution in [3.8, 4) is 0 Å². The first-order chi connectivity index (χ1) is 1.73. The molecule has 0 aromatic carbocycles. The molecule has 2 unspecified atom stereocenters. The molecule has 0 bridgehead atoms. The Balaban J connectivity index is 2.32. The van der Waals surface area contributed by atoms with Crippen molar-refractivity contribution in [2.45, 2.75) is 0 Å². The molecule has 2 atom stereocenters. The normalized spacial score (nSPS) is 6.50. The summed E-state index contributed by atoms with van der Waals surface area (Å²) in [5.41, 5.74) is 0. The summed E-state index contributed by atoms with van der Waals surface area (Å²) < 4.78 is 0. The Kier molecular flexibility index (Phi) is 2.79. The third-order valence-electron chi connectivity index (χ3n) is 0. The summed E-state index contributed by atoms with van der Waals surface area (Å²) in [6.07, 6.45) is 0. The smallest absolute Gasteiger partial charge is 0.136 e. The van der Waals surface area contributed by atoms with Crippen LogP contribution in [0.4, 0.5) is 0 Å². The molecule has 0 saturated carbocycles. The first-order valence-electron chi connectivity index (χ1n) is 1.00. The Bertz CT molecular complexity index is 8.75. The van der Waals surface area contributed by atoms with E-state index in [2.05, 4.69) is 18.2 Å².